The molecule has 0 amide bonds. The lowest BCUT2D eigenvalue weighted by Gasteiger charge is -2.02. The number of carbonyl (C=O) groups excluding carboxylic acids is 3. The Bertz CT molecular complexity index is 317. The SMILES string of the molecule is CCOCCC=C(C)C(=O)OC(=O)CC(C)=O. The van der Waals surface area contributed by atoms with Gasteiger partial charge in [0.1, 0.15) is 12.2 Å². The summed E-state index contributed by atoms with van der Waals surface area (Å²) in [5.74, 6) is -1.87. The highest BCUT2D eigenvalue weighted by atomic mass is 16.6. The Morgan fingerprint density at radius 2 is 1.82 bits per heavy atom. The Hall–Kier alpha value is -1.49. The maximum Gasteiger partial charge on any atom is 0.341 e. The largest absolute Gasteiger partial charge is 0.389 e. The van der Waals surface area contributed by atoms with E-state index in [9.17, 15) is 14.4 Å². The maximum absolute atomic E-state index is 11.3. The number of Topliss-reactive ketones (excluding diaryl/α,β-unsaturated/α-hetero) is 1. The van der Waals surface area contributed by atoms with Gasteiger partial charge >= 0.3 is 11.9 Å². The van der Waals surface area contributed by atoms with E-state index in [0.717, 1.165) is 0 Å². The fraction of sp³-hybridized carbons (Fsp3) is 0.583. The minimum Gasteiger partial charge on any atom is -0.389 e. The molecule has 0 spiro atoms. The van der Waals surface area contributed by atoms with Crippen molar-refractivity contribution >= 4 is 17.7 Å². The van der Waals surface area contributed by atoms with Crippen LogP contribution in [0.4, 0.5) is 0 Å². The highest BCUT2D eigenvalue weighted by molar-refractivity contribution is 6.01. The van der Waals surface area contributed by atoms with E-state index in [1.807, 2.05) is 6.92 Å². The van der Waals surface area contributed by atoms with E-state index >= 15 is 0 Å². The van der Waals surface area contributed by atoms with Crippen molar-refractivity contribution in [2.24, 2.45) is 0 Å². The molecule has 0 saturated heterocycles. The summed E-state index contributed by atoms with van der Waals surface area (Å²) >= 11 is 0. The molecule has 0 heterocycles. The van der Waals surface area contributed by atoms with Gasteiger partial charge in [0.2, 0.25) is 0 Å². The molecular formula is C12H18O5. The molecule has 17 heavy (non-hydrogen) atoms. The fourth-order valence-electron chi connectivity index (χ4n) is 1.01. The lowest BCUT2D eigenvalue weighted by molar-refractivity contribution is -0.157. The average molecular weight is 242 g/mol. The van der Waals surface area contributed by atoms with Gasteiger partial charge < -0.3 is 9.47 Å². The molecule has 0 fully saturated rings. The number of hydrogen-bond acceptors (Lipinski definition) is 5. The van der Waals surface area contributed by atoms with Crippen LogP contribution in [0, 0.1) is 0 Å². The van der Waals surface area contributed by atoms with E-state index in [2.05, 4.69) is 4.74 Å². The second-order valence-corrected chi connectivity index (χ2v) is 3.51. The molecule has 0 aliphatic rings. The highest BCUT2D eigenvalue weighted by Crippen LogP contribution is 2.01. The van der Waals surface area contributed by atoms with Crippen LogP contribution in [0.25, 0.3) is 0 Å². The van der Waals surface area contributed by atoms with Crippen LogP contribution in [-0.2, 0) is 23.9 Å². The van der Waals surface area contributed by atoms with Crippen molar-refractivity contribution < 1.29 is 23.9 Å². The summed E-state index contributed by atoms with van der Waals surface area (Å²) in [6, 6.07) is 0. The number of carbonyl (C=O) groups is 3. The molecule has 0 bridgehead atoms. The zero-order valence-corrected chi connectivity index (χ0v) is 10.4. The number of esters is 2. The van der Waals surface area contributed by atoms with Crippen LogP contribution in [-0.4, -0.2) is 30.9 Å². The normalized spacial score (nSPS) is 11.1. The van der Waals surface area contributed by atoms with E-state index in [0.29, 0.717) is 25.2 Å². The number of ether oxygens (including phenoxy) is 2. The number of hydrogen-bond donors (Lipinski definition) is 0. The van der Waals surface area contributed by atoms with Crippen LogP contribution >= 0.6 is 0 Å². The first-order chi connectivity index (χ1) is 7.97. The molecule has 0 radical (unpaired) electrons. The van der Waals surface area contributed by atoms with E-state index in [1.165, 1.54) is 6.92 Å². The molecule has 5 nitrogen and oxygen atoms in total. The van der Waals surface area contributed by atoms with Gasteiger partial charge in [0.15, 0.2) is 0 Å². The van der Waals surface area contributed by atoms with Crippen molar-refractivity contribution in [1.29, 1.82) is 0 Å². The van der Waals surface area contributed by atoms with Gasteiger partial charge in [-0.05, 0) is 27.2 Å². The minimum absolute atomic E-state index is 0.333. The topological polar surface area (TPSA) is 69.7 Å². The fourth-order valence-corrected chi connectivity index (χ4v) is 1.01. The molecule has 0 rings (SSSR count). The summed E-state index contributed by atoms with van der Waals surface area (Å²) in [6.45, 7) is 5.83. The quantitative estimate of drug-likeness (QED) is 0.292. The lowest BCUT2D eigenvalue weighted by atomic mass is 10.2. The van der Waals surface area contributed by atoms with Crippen LogP contribution in [0.2, 0.25) is 0 Å². The standard InChI is InChI=1S/C12H18O5/c1-4-16-7-5-6-9(2)12(15)17-11(14)8-10(3)13/h6H,4-5,7-8H2,1-3H3. The summed E-state index contributed by atoms with van der Waals surface area (Å²) in [4.78, 5) is 33.0. The summed E-state index contributed by atoms with van der Waals surface area (Å²) in [5.41, 5.74) is 0.335. The van der Waals surface area contributed by atoms with Crippen LogP contribution in [0.1, 0.15) is 33.6 Å². The molecule has 0 saturated carbocycles. The first-order valence-electron chi connectivity index (χ1n) is 5.46. The van der Waals surface area contributed by atoms with Crippen molar-refractivity contribution in [2.75, 3.05) is 13.2 Å². The minimum atomic E-state index is -0.819. The van der Waals surface area contributed by atoms with Gasteiger partial charge in [-0.1, -0.05) is 6.08 Å². The van der Waals surface area contributed by atoms with Gasteiger partial charge in [0.25, 0.3) is 0 Å². The van der Waals surface area contributed by atoms with Crippen LogP contribution in [0.3, 0.4) is 0 Å². The summed E-state index contributed by atoms with van der Waals surface area (Å²) in [6.07, 6.45) is 1.84. The third kappa shape index (κ3) is 8.33. The van der Waals surface area contributed by atoms with Crippen molar-refractivity contribution in [3.63, 3.8) is 0 Å². The van der Waals surface area contributed by atoms with E-state index in [1.54, 1.807) is 13.0 Å². The van der Waals surface area contributed by atoms with Crippen molar-refractivity contribution in [3.05, 3.63) is 11.6 Å². The Morgan fingerprint density at radius 1 is 1.18 bits per heavy atom. The third-order valence-electron chi connectivity index (χ3n) is 1.84. The van der Waals surface area contributed by atoms with Gasteiger partial charge in [-0.2, -0.15) is 0 Å². The Morgan fingerprint density at radius 3 is 2.35 bits per heavy atom. The maximum atomic E-state index is 11.3. The van der Waals surface area contributed by atoms with Crippen LogP contribution < -0.4 is 0 Å². The Balaban J connectivity index is 4.04. The number of ketones is 1. The zero-order chi connectivity index (χ0) is 13.3. The first-order valence-corrected chi connectivity index (χ1v) is 5.46. The summed E-state index contributed by atoms with van der Waals surface area (Å²) in [7, 11) is 0. The van der Waals surface area contributed by atoms with Crippen LogP contribution in [0.15, 0.2) is 11.6 Å². The van der Waals surface area contributed by atoms with Gasteiger partial charge in [-0.25, -0.2) is 4.79 Å². The molecule has 0 aliphatic heterocycles. The first kappa shape index (κ1) is 15.5. The van der Waals surface area contributed by atoms with Crippen molar-refractivity contribution in [1.82, 2.24) is 0 Å². The molecule has 0 atom stereocenters. The molecule has 96 valence electrons. The molecule has 0 aliphatic carbocycles. The molecule has 0 aromatic carbocycles. The molecule has 5 heteroatoms. The molecule has 0 N–H and O–H groups in total. The predicted octanol–water partition coefficient (Wildman–Crippen LogP) is 1.41. The Kier molecular flexibility index (Phi) is 7.88. The summed E-state index contributed by atoms with van der Waals surface area (Å²) in [5, 5.41) is 0. The molecule has 0 aromatic rings. The average Bonchev–Trinajstić information content (AvgIpc) is 2.22. The van der Waals surface area contributed by atoms with Gasteiger partial charge in [0.05, 0.1) is 6.61 Å². The molecule has 0 unspecified atom stereocenters. The third-order valence-corrected chi connectivity index (χ3v) is 1.84. The van der Waals surface area contributed by atoms with E-state index < -0.39 is 11.9 Å². The summed E-state index contributed by atoms with van der Waals surface area (Å²) < 4.78 is 9.56. The Labute approximate surface area is 101 Å². The smallest absolute Gasteiger partial charge is 0.341 e. The van der Waals surface area contributed by atoms with Crippen molar-refractivity contribution in [3.8, 4) is 0 Å². The zero-order valence-electron chi connectivity index (χ0n) is 10.4. The monoisotopic (exact) mass is 242 g/mol. The second-order valence-electron chi connectivity index (χ2n) is 3.51. The van der Waals surface area contributed by atoms with E-state index in [-0.39, 0.29) is 12.2 Å². The second kappa shape index (κ2) is 8.64. The van der Waals surface area contributed by atoms with Crippen LogP contribution in [0.5, 0.6) is 0 Å². The van der Waals surface area contributed by atoms with Gasteiger partial charge in [-0.15, -0.1) is 0 Å². The van der Waals surface area contributed by atoms with E-state index in [4.69, 9.17) is 4.74 Å². The highest BCUT2D eigenvalue weighted by Gasteiger charge is 2.13. The lowest BCUT2D eigenvalue weighted by Crippen LogP contribution is -2.15. The van der Waals surface area contributed by atoms with Crippen molar-refractivity contribution in [2.45, 2.75) is 33.6 Å². The number of rotatable bonds is 7. The molecular weight excluding hydrogens is 224 g/mol. The van der Waals surface area contributed by atoms with Gasteiger partial charge in [0, 0.05) is 12.2 Å². The predicted molar refractivity (Wildman–Crippen MR) is 61.3 cm³/mol. The molecule has 0 aromatic heterocycles. The van der Waals surface area contributed by atoms with Gasteiger partial charge in [-0.3, -0.25) is 9.59 Å².